The topological polar surface area (TPSA) is 81.6 Å². The number of nitrogen functional groups attached to an aromatic ring is 1. The first-order valence-electron chi connectivity index (χ1n) is 5.84. The molecule has 6 heteroatoms. The van der Waals surface area contributed by atoms with Gasteiger partial charge in [-0.05, 0) is 40.1 Å². The maximum Gasteiger partial charge on any atom is 0.252 e. The summed E-state index contributed by atoms with van der Waals surface area (Å²) in [5.74, 6) is -0.342. The predicted octanol–water partition coefficient (Wildman–Crippen LogP) is 1.74. The highest BCUT2D eigenvalue weighted by atomic mass is 35.5. The molecule has 1 aromatic rings. The lowest BCUT2D eigenvalue weighted by atomic mass is 10.1. The third-order valence-corrected chi connectivity index (χ3v) is 3.39. The van der Waals surface area contributed by atoms with Crippen molar-refractivity contribution in [2.45, 2.75) is 19.4 Å². The summed E-state index contributed by atoms with van der Waals surface area (Å²) in [7, 11) is 3.89. The van der Waals surface area contributed by atoms with Crippen molar-refractivity contribution in [3.63, 3.8) is 0 Å². The zero-order chi connectivity index (χ0) is 14.8. The molecular formula is C13H20ClN3O2. The number of carbonyl (C=O) groups is 1. The van der Waals surface area contributed by atoms with Gasteiger partial charge in [0.1, 0.15) is 6.61 Å². The fourth-order valence-electron chi connectivity index (χ4n) is 1.32. The second-order valence-electron chi connectivity index (χ2n) is 5.24. The summed E-state index contributed by atoms with van der Waals surface area (Å²) in [5, 5.41) is 0.281. The largest absolute Gasteiger partial charge is 0.489 e. The Kier molecular flexibility index (Phi) is 4.66. The number of primary amides is 1. The van der Waals surface area contributed by atoms with E-state index in [-0.39, 0.29) is 21.9 Å². The summed E-state index contributed by atoms with van der Waals surface area (Å²) in [6, 6.07) is 3.00. The first kappa shape index (κ1) is 15.6. The molecule has 0 aliphatic carbocycles. The molecular weight excluding hydrogens is 266 g/mol. The molecule has 0 aliphatic heterocycles. The molecule has 0 saturated carbocycles. The van der Waals surface area contributed by atoms with Crippen molar-refractivity contribution in [3.8, 4) is 5.75 Å². The van der Waals surface area contributed by atoms with Crippen molar-refractivity contribution in [1.82, 2.24) is 4.90 Å². The van der Waals surface area contributed by atoms with E-state index in [1.54, 1.807) is 0 Å². The minimum absolute atomic E-state index is 0.194. The number of nitrogens with zero attached hydrogens (tertiary/aromatic N) is 1. The minimum Gasteiger partial charge on any atom is -0.489 e. The summed E-state index contributed by atoms with van der Waals surface area (Å²) < 4.78 is 5.68. The Morgan fingerprint density at radius 3 is 2.47 bits per heavy atom. The van der Waals surface area contributed by atoms with Gasteiger partial charge in [-0.1, -0.05) is 11.6 Å². The summed E-state index contributed by atoms with van der Waals surface area (Å²) in [4.78, 5) is 13.4. The molecule has 0 aromatic heterocycles. The van der Waals surface area contributed by atoms with Crippen LogP contribution in [0, 0.1) is 0 Å². The summed E-state index contributed by atoms with van der Waals surface area (Å²) in [6.45, 7) is 4.40. The Balaban J connectivity index is 3.04. The third-order valence-electron chi connectivity index (χ3n) is 3.11. The number of benzene rings is 1. The van der Waals surface area contributed by atoms with Crippen LogP contribution in [0.1, 0.15) is 24.2 Å². The van der Waals surface area contributed by atoms with Crippen LogP contribution in [0.25, 0.3) is 0 Å². The van der Waals surface area contributed by atoms with Crippen molar-refractivity contribution < 1.29 is 9.53 Å². The maximum atomic E-state index is 11.4. The fourth-order valence-corrected chi connectivity index (χ4v) is 1.60. The molecule has 0 aliphatic rings. The average molecular weight is 286 g/mol. The van der Waals surface area contributed by atoms with Gasteiger partial charge in [0, 0.05) is 11.2 Å². The number of amides is 1. The number of ether oxygens (including phenoxy) is 1. The molecule has 0 atom stereocenters. The Labute approximate surface area is 118 Å². The standard InChI is InChI=1S/C13H20ClN3O2/c1-13(2,17(3)4)7-19-11-9(12(16)18)5-8(15)6-10(11)14/h5-6H,7,15H2,1-4H3,(H2,16,18). The second kappa shape index (κ2) is 5.67. The van der Waals surface area contributed by atoms with Gasteiger partial charge in [0.15, 0.2) is 5.75 Å². The quantitative estimate of drug-likeness (QED) is 0.808. The van der Waals surface area contributed by atoms with Crippen LogP contribution < -0.4 is 16.2 Å². The van der Waals surface area contributed by atoms with E-state index in [0.717, 1.165) is 0 Å². The lowest BCUT2D eigenvalue weighted by Gasteiger charge is -2.32. The lowest BCUT2D eigenvalue weighted by molar-refractivity contribution is 0.0976. The van der Waals surface area contributed by atoms with Gasteiger partial charge in [-0.15, -0.1) is 0 Å². The van der Waals surface area contributed by atoms with E-state index >= 15 is 0 Å². The molecule has 0 fully saturated rings. The lowest BCUT2D eigenvalue weighted by Crippen LogP contribution is -2.43. The van der Waals surface area contributed by atoms with Crippen molar-refractivity contribution >= 4 is 23.2 Å². The van der Waals surface area contributed by atoms with Crippen molar-refractivity contribution in [3.05, 3.63) is 22.7 Å². The van der Waals surface area contributed by atoms with Gasteiger partial charge in [-0.2, -0.15) is 0 Å². The Morgan fingerprint density at radius 2 is 2.00 bits per heavy atom. The molecule has 0 saturated heterocycles. The number of anilines is 1. The van der Waals surface area contributed by atoms with Crippen LogP contribution in [0.2, 0.25) is 5.02 Å². The minimum atomic E-state index is -0.619. The summed E-state index contributed by atoms with van der Waals surface area (Å²) in [6.07, 6.45) is 0. The monoisotopic (exact) mass is 285 g/mol. The molecule has 5 nitrogen and oxygen atoms in total. The molecule has 4 N–H and O–H groups in total. The Bertz CT molecular complexity index is 487. The molecule has 0 heterocycles. The van der Waals surface area contributed by atoms with Gasteiger partial charge >= 0.3 is 0 Å². The van der Waals surface area contributed by atoms with Gasteiger partial charge in [0.05, 0.1) is 10.6 Å². The number of carbonyl (C=O) groups excluding carboxylic acids is 1. The fraction of sp³-hybridized carbons (Fsp3) is 0.462. The molecule has 0 unspecified atom stereocenters. The van der Waals surface area contributed by atoms with E-state index in [9.17, 15) is 4.79 Å². The Morgan fingerprint density at radius 1 is 1.42 bits per heavy atom. The highest BCUT2D eigenvalue weighted by Crippen LogP contribution is 2.32. The molecule has 0 bridgehead atoms. The molecule has 1 amide bonds. The number of nitrogens with two attached hydrogens (primary N) is 2. The van der Waals surface area contributed by atoms with Gasteiger partial charge in [0.25, 0.3) is 5.91 Å². The van der Waals surface area contributed by atoms with E-state index in [0.29, 0.717) is 12.3 Å². The highest BCUT2D eigenvalue weighted by Gasteiger charge is 2.23. The second-order valence-corrected chi connectivity index (χ2v) is 5.65. The first-order valence-corrected chi connectivity index (χ1v) is 6.22. The molecule has 1 aromatic carbocycles. The van der Waals surface area contributed by atoms with Crippen LogP contribution in [0.5, 0.6) is 5.75 Å². The van der Waals surface area contributed by atoms with E-state index in [2.05, 4.69) is 0 Å². The van der Waals surface area contributed by atoms with Crippen LogP contribution in [0.4, 0.5) is 5.69 Å². The zero-order valence-electron chi connectivity index (χ0n) is 11.7. The Hall–Kier alpha value is -1.46. The predicted molar refractivity (Wildman–Crippen MR) is 77.6 cm³/mol. The van der Waals surface area contributed by atoms with E-state index < -0.39 is 5.91 Å². The van der Waals surface area contributed by atoms with E-state index in [1.807, 2.05) is 32.8 Å². The summed E-state index contributed by atoms with van der Waals surface area (Å²) >= 11 is 6.06. The number of hydrogen-bond acceptors (Lipinski definition) is 4. The van der Waals surface area contributed by atoms with Crippen LogP contribution in [-0.4, -0.2) is 37.0 Å². The SMILES string of the molecule is CN(C)C(C)(C)COc1c(Cl)cc(N)cc1C(N)=O. The van der Waals surface area contributed by atoms with Gasteiger partial charge < -0.3 is 21.1 Å². The molecule has 19 heavy (non-hydrogen) atoms. The van der Waals surface area contributed by atoms with E-state index in [1.165, 1.54) is 12.1 Å². The van der Waals surface area contributed by atoms with Gasteiger partial charge in [0.2, 0.25) is 0 Å². The van der Waals surface area contributed by atoms with Crippen molar-refractivity contribution in [2.24, 2.45) is 5.73 Å². The number of hydrogen-bond donors (Lipinski definition) is 2. The van der Waals surface area contributed by atoms with Crippen LogP contribution in [0.3, 0.4) is 0 Å². The van der Waals surface area contributed by atoms with Crippen molar-refractivity contribution in [1.29, 1.82) is 0 Å². The normalized spacial score (nSPS) is 11.7. The average Bonchev–Trinajstić information content (AvgIpc) is 2.26. The first-order chi connectivity index (χ1) is 8.65. The van der Waals surface area contributed by atoms with Crippen LogP contribution in [0.15, 0.2) is 12.1 Å². The highest BCUT2D eigenvalue weighted by molar-refractivity contribution is 6.33. The van der Waals surface area contributed by atoms with Crippen LogP contribution in [-0.2, 0) is 0 Å². The molecule has 0 radical (unpaired) electrons. The van der Waals surface area contributed by atoms with Crippen LogP contribution >= 0.6 is 11.6 Å². The maximum absolute atomic E-state index is 11.4. The van der Waals surface area contributed by atoms with Gasteiger partial charge in [-0.25, -0.2) is 0 Å². The van der Waals surface area contributed by atoms with Crippen molar-refractivity contribution in [2.75, 3.05) is 26.4 Å². The molecule has 106 valence electrons. The molecule has 0 spiro atoms. The smallest absolute Gasteiger partial charge is 0.252 e. The number of likely N-dealkylation sites (N-methyl/N-ethyl adjacent to an activating group) is 1. The third kappa shape index (κ3) is 3.75. The van der Waals surface area contributed by atoms with Gasteiger partial charge in [-0.3, -0.25) is 4.79 Å². The number of rotatable bonds is 5. The molecule has 1 rings (SSSR count). The zero-order valence-corrected chi connectivity index (χ0v) is 12.4. The summed E-state index contributed by atoms with van der Waals surface area (Å²) in [5.41, 5.74) is 11.3. The van der Waals surface area contributed by atoms with E-state index in [4.69, 9.17) is 27.8 Å². The number of halogens is 1.